The van der Waals surface area contributed by atoms with E-state index >= 15 is 0 Å². The Morgan fingerprint density at radius 1 is 1.33 bits per heavy atom. The molecule has 1 nitrogen and oxygen atoms in total. The molecular weight excluding hydrogens is 146 g/mol. The average molecular weight is 159 g/mol. The highest BCUT2D eigenvalue weighted by molar-refractivity contribution is 5.33. The number of aryl methyl sites for hydroxylation is 1. The van der Waals surface area contributed by atoms with Crippen molar-refractivity contribution in [1.82, 2.24) is 4.98 Å². The average Bonchev–Trinajstić information content (AvgIpc) is 2.79. The molecule has 0 radical (unpaired) electrons. The number of rotatable bonds is 0. The molecule has 1 aromatic heterocycles. The van der Waals surface area contributed by atoms with E-state index in [1.807, 2.05) is 6.20 Å². The molecule has 0 spiro atoms. The molecule has 12 heavy (non-hydrogen) atoms. The summed E-state index contributed by atoms with van der Waals surface area (Å²) in [5.74, 6) is 2.01. The van der Waals surface area contributed by atoms with E-state index in [-0.39, 0.29) is 0 Å². The van der Waals surface area contributed by atoms with Gasteiger partial charge >= 0.3 is 0 Å². The molecule has 3 rings (SSSR count). The maximum absolute atomic E-state index is 4.46. The Morgan fingerprint density at radius 3 is 3.08 bits per heavy atom. The van der Waals surface area contributed by atoms with Gasteiger partial charge in [-0.1, -0.05) is 0 Å². The third-order valence-corrected chi connectivity index (χ3v) is 3.37. The molecule has 2 unspecified atom stereocenters. The first kappa shape index (κ1) is 6.64. The SMILES string of the molecule is Cc1ccnc2c1CC1CC1C2. The monoisotopic (exact) mass is 159 g/mol. The van der Waals surface area contributed by atoms with Crippen LogP contribution in [-0.4, -0.2) is 4.98 Å². The van der Waals surface area contributed by atoms with Crippen molar-refractivity contribution in [1.29, 1.82) is 0 Å². The minimum Gasteiger partial charge on any atom is -0.261 e. The van der Waals surface area contributed by atoms with Gasteiger partial charge in [-0.15, -0.1) is 0 Å². The first-order valence-corrected chi connectivity index (χ1v) is 4.78. The summed E-state index contributed by atoms with van der Waals surface area (Å²) in [5, 5.41) is 0. The fraction of sp³-hybridized carbons (Fsp3) is 0.545. The van der Waals surface area contributed by atoms with Gasteiger partial charge in [-0.25, -0.2) is 0 Å². The second-order valence-corrected chi connectivity index (χ2v) is 4.22. The highest BCUT2D eigenvalue weighted by atomic mass is 14.7. The van der Waals surface area contributed by atoms with Crippen LogP contribution in [0.3, 0.4) is 0 Å². The molecule has 0 amide bonds. The van der Waals surface area contributed by atoms with Crippen LogP contribution in [0.4, 0.5) is 0 Å². The van der Waals surface area contributed by atoms with Crippen LogP contribution >= 0.6 is 0 Å². The van der Waals surface area contributed by atoms with Gasteiger partial charge in [0.15, 0.2) is 0 Å². The molecule has 0 saturated heterocycles. The van der Waals surface area contributed by atoms with Crippen molar-refractivity contribution in [2.24, 2.45) is 11.8 Å². The summed E-state index contributed by atoms with van der Waals surface area (Å²) >= 11 is 0. The fourth-order valence-electron chi connectivity index (χ4n) is 2.42. The lowest BCUT2D eigenvalue weighted by molar-refractivity contribution is 0.630. The lowest BCUT2D eigenvalue weighted by atomic mass is 9.93. The van der Waals surface area contributed by atoms with Crippen molar-refractivity contribution in [2.45, 2.75) is 26.2 Å². The van der Waals surface area contributed by atoms with E-state index < -0.39 is 0 Å². The first-order chi connectivity index (χ1) is 5.84. The molecular formula is C11H13N. The van der Waals surface area contributed by atoms with Crippen molar-refractivity contribution >= 4 is 0 Å². The smallest absolute Gasteiger partial charge is 0.0441 e. The lowest BCUT2D eigenvalue weighted by Crippen LogP contribution is -2.09. The zero-order valence-electron chi connectivity index (χ0n) is 7.38. The van der Waals surface area contributed by atoms with Crippen LogP contribution in [0.5, 0.6) is 0 Å². The Balaban J connectivity index is 2.11. The molecule has 2 atom stereocenters. The Hall–Kier alpha value is -0.850. The van der Waals surface area contributed by atoms with Gasteiger partial charge in [0.05, 0.1) is 0 Å². The van der Waals surface area contributed by atoms with Gasteiger partial charge < -0.3 is 0 Å². The van der Waals surface area contributed by atoms with Crippen LogP contribution in [-0.2, 0) is 12.8 Å². The minimum atomic E-state index is 0.992. The number of hydrogen-bond acceptors (Lipinski definition) is 1. The van der Waals surface area contributed by atoms with Crippen LogP contribution in [0.25, 0.3) is 0 Å². The van der Waals surface area contributed by atoms with Gasteiger partial charge in [0.25, 0.3) is 0 Å². The molecule has 62 valence electrons. The molecule has 1 saturated carbocycles. The number of nitrogens with zero attached hydrogens (tertiary/aromatic N) is 1. The Bertz CT molecular complexity index is 330. The summed E-state index contributed by atoms with van der Waals surface area (Å²) in [4.78, 5) is 4.46. The second kappa shape index (κ2) is 2.09. The van der Waals surface area contributed by atoms with Crippen molar-refractivity contribution in [2.75, 3.05) is 0 Å². The van der Waals surface area contributed by atoms with Gasteiger partial charge in [-0.2, -0.15) is 0 Å². The highest BCUT2D eigenvalue weighted by Gasteiger charge is 2.41. The van der Waals surface area contributed by atoms with Crippen LogP contribution in [0.2, 0.25) is 0 Å². The molecule has 1 aromatic rings. The zero-order chi connectivity index (χ0) is 8.13. The summed E-state index contributed by atoms with van der Waals surface area (Å²) in [6.07, 6.45) is 5.97. The Morgan fingerprint density at radius 2 is 2.17 bits per heavy atom. The molecule has 1 heterocycles. The molecule has 1 heteroatoms. The first-order valence-electron chi connectivity index (χ1n) is 4.78. The van der Waals surface area contributed by atoms with E-state index in [2.05, 4.69) is 18.0 Å². The molecule has 2 aliphatic rings. The molecule has 1 fully saturated rings. The summed E-state index contributed by atoms with van der Waals surface area (Å²) in [5.41, 5.74) is 4.38. The summed E-state index contributed by atoms with van der Waals surface area (Å²) < 4.78 is 0. The van der Waals surface area contributed by atoms with Crippen LogP contribution in [0.1, 0.15) is 23.2 Å². The molecule has 0 N–H and O–H groups in total. The fourth-order valence-corrected chi connectivity index (χ4v) is 2.42. The largest absolute Gasteiger partial charge is 0.261 e. The topological polar surface area (TPSA) is 12.9 Å². The third-order valence-electron chi connectivity index (χ3n) is 3.37. The van der Waals surface area contributed by atoms with Gasteiger partial charge in [0, 0.05) is 11.9 Å². The van der Waals surface area contributed by atoms with Crippen molar-refractivity contribution in [3.05, 3.63) is 29.1 Å². The van der Waals surface area contributed by atoms with E-state index in [0.717, 1.165) is 11.8 Å². The maximum atomic E-state index is 4.46. The van der Waals surface area contributed by atoms with E-state index in [0.29, 0.717) is 0 Å². The number of hydrogen-bond donors (Lipinski definition) is 0. The Labute approximate surface area is 72.8 Å². The van der Waals surface area contributed by atoms with Gasteiger partial charge in [0.2, 0.25) is 0 Å². The van der Waals surface area contributed by atoms with Crippen LogP contribution in [0, 0.1) is 18.8 Å². The van der Waals surface area contributed by atoms with E-state index in [9.17, 15) is 0 Å². The zero-order valence-corrected chi connectivity index (χ0v) is 7.38. The van der Waals surface area contributed by atoms with Crippen molar-refractivity contribution in [3.8, 4) is 0 Å². The standard InChI is InChI=1S/C11H13N/c1-7-2-3-12-11-6-9-4-8(9)5-10(7)11/h2-3,8-9H,4-6H2,1H3. The third kappa shape index (κ3) is 0.825. The molecule has 0 bridgehead atoms. The lowest BCUT2D eigenvalue weighted by Gasteiger charge is -2.15. The molecule has 2 aliphatic carbocycles. The number of aromatic nitrogens is 1. The molecule has 0 aliphatic heterocycles. The van der Waals surface area contributed by atoms with E-state index in [1.54, 1.807) is 5.56 Å². The normalized spacial score (nSPS) is 30.8. The second-order valence-electron chi connectivity index (χ2n) is 4.22. The number of fused-ring (bicyclic) bond motifs is 2. The van der Waals surface area contributed by atoms with Crippen LogP contribution in [0.15, 0.2) is 12.3 Å². The Kier molecular flexibility index (Phi) is 1.16. The predicted octanol–water partition coefficient (Wildman–Crippen LogP) is 2.12. The van der Waals surface area contributed by atoms with Gasteiger partial charge in [0.1, 0.15) is 0 Å². The summed E-state index contributed by atoms with van der Waals surface area (Å²) in [6.45, 7) is 2.21. The van der Waals surface area contributed by atoms with Gasteiger partial charge in [-0.3, -0.25) is 4.98 Å². The minimum absolute atomic E-state index is 0.992. The van der Waals surface area contributed by atoms with Crippen LogP contribution < -0.4 is 0 Å². The van der Waals surface area contributed by atoms with Crippen molar-refractivity contribution in [3.63, 3.8) is 0 Å². The predicted molar refractivity (Wildman–Crippen MR) is 48.0 cm³/mol. The quantitative estimate of drug-likeness (QED) is 0.565. The van der Waals surface area contributed by atoms with Gasteiger partial charge in [-0.05, 0) is 55.2 Å². The van der Waals surface area contributed by atoms with E-state index in [1.165, 1.54) is 30.5 Å². The van der Waals surface area contributed by atoms with Crippen molar-refractivity contribution < 1.29 is 0 Å². The highest BCUT2D eigenvalue weighted by Crippen LogP contribution is 2.47. The van der Waals surface area contributed by atoms with E-state index in [4.69, 9.17) is 0 Å². The molecule has 0 aromatic carbocycles. The maximum Gasteiger partial charge on any atom is 0.0441 e. The number of pyridine rings is 1. The summed E-state index contributed by atoms with van der Waals surface area (Å²) in [7, 11) is 0. The summed E-state index contributed by atoms with van der Waals surface area (Å²) in [6, 6.07) is 2.14.